The summed E-state index contributed by atoms with van der Waals surface area (Å²) in [6.07, 6.45) is -2.03. The molecule has 0 aliphatic carbocycles. The number of nitrogens with zero attached hydrogens (tertiary/aromatic N) is 1. The highest BCUT2D eigenvalue weighted by atomic mass is 19.2. The molecular weight excluding hydrogens is 341 g/mol. The van der Waals surface area contributed by atoms with Gasteiger partial charge in [-0.3, -0.25) is 0 Å². The number of carboxylic acid groups (broad SMARTS) is 2. The van der Waals surface area contributed by atoms with Gasteiger partial charge in [0, 0.05) is 25.1 Å². The Morgan fingerprint density at radius 2 is 1.54 bits per heavy atom. The fourth-order valence-corrected chi connectivity index (χ4v) is 2.12. The summed E-state index contributed by atoms with van der Waals surface area (Å²) < 4.78 is 66.5. The van der Waals surface area contributed by atoms with Gasteiger partial charge in [-0.2, -0.15) is 0 Å². The lowest BCUT2D eigenvalue weighted by Gasteiger charge is -2.40. The molecule has 1 aromatic rings. The molecule has 1 aliphatic rings. The first-order valence-electron chi connectivity index (χ1n) is 6.75. The van der Waals surface area contributed by atoms with E-state index < -0.39 is 52.9 Å². The van der Waals surface area contributed by atoms with Crippen LogP contribution in [-0.2, 0) is 9.59 Å². The lowest BCUT2D eigenvalue weighted by molar-refractivity contribution is -0.159. The van der Waals surface area contributed by atoms with Gasteiger partial charge >= 0.3 is 11.9 Å². The normalized spacial score (nSPS) is 15.9. The summed E-state index contributed by atoms with van der Waals surface area (Å²) >= 11 is 0. The van der Waals surface area contributed by atoms with Crippen LogP contribution in [0.25, 0.3) is 0 Å². The topological polar surface area (TPSA) is 77.8 Å². The van der Waals surface area contributed by atoms with E-state index in [2.05, 4.69) is 0 Å². The molecule has 0 amide bonds. The summed E-state index contributed by atoms with van der Waals surface area (Å²) in [5, 5.41) is 14.8. The summed E-state index contributed by atoms with van der Waals surface area (Å²) in [5.41, 5.74) is -1.13. The van der Waals surface area contributed by atoms with Crippen LogP contribution in [0.4, 0.5) is 22.0 Å². The van der Waals surface area contributed by atoms with Crippen LogP contribution in [0, 0.1) is 29.2 Å². The Bertz CT molecular complexity index is 596. The number of alkyl halides is 1. The highest BCUT2D eigenvalue weighted by molar-refractivity contribution is 6.27. The standard InChI is InChI=1S/C12H12F5N.C2H2O4/c1-2-18-4-6(5-18)10(15)9-11(16)7(13)3-8(14)12(9)17;3-1(4)2(5)6/h3,6,10H,2,4-5H2,1H3;(H,3,4)(H,5,6). The summed E-state index contributed by atoms with van der Waals surface area (Å²) in [6, 6.07) is 0.0833. The molecule has 0 radical (unpaired) electrons. The Kier molecular flexibility index (Phi) is 6.64. The average Bonchev–Trinajstić information content (AvgIpc) is 2.45. The molecule has 2 N–H and O–H groups in total. The molecule has 0 aromatic heterocycles. The van der Waals surface area contributed by atoms with E-state index in [1.54, 1.807) is 0 Å². The van der Waals surface area contributed by atoms with Crippen LogP contribution in [0.2, 0.25) is 0 Å². The molecule has 134 valence electrons. The van der Waals surface area contributed by atoms with E-state index in [0.717, 1.165) is 0 Å². The lowest BCUT2D eigenvalue weighted by Crippen LogP contribution is -2.48. The number of hydrogen-bond acceptors (Lipinski definition) is 3. The third-order valence-electron chi connectivity index (χ3n) is 3.45. The number of benzene rings is 1. The van der Waals surface area contributed by atoms with Crippen molar-refractivity contribution in [3.05, 3.63) is 34.9 Å². The van der Waals surface area contributed by atoms with Crippen LogP contribution < -0.4 is 0 Å². The monoisotopic (exact) mass is 355 g/mol. The predicted molar refractivity (Wildman–Crippen MR) is 71.0 cm³/mol. The molecule has 1 aliphatic heterocycles. The van der Waals surface area contributed by atoms with Gasteiger partial charge in [0.1, 0.15) is 6.17 Å². The van der Waals surface area contributed by atoms with Gasteiger partial charge in [-0.1, -0.05) is 6.92 Å². The Hall–Kier alpha value is -2.23. The zero-order chi connectivity index (χ0) is 18.6. The molecule has 1 atom stereocenters. The van der Waals surface area contributed by atoms with Crippen molar-refractivity contribution in [2.24, 2.45) is 5.92 Å². The first kappa shape index (κ1) is 19.8. The summed E-state index contributed by atoms with van der Waals surface area (Å²) in [7, 11) is 0. The Balaban J connectivity index is 0.000000413. The second kappa shape index (κ2) is 8.04. The molecule has 10 heteroatoms. The maximum absolute atomic E-state index is 13.9. The van der Waals surface area contributed by atoms with Crippen molar-refractivity contribution in [2.75, 3.05) is 19.6 Å². The fourth-order valence-electron chi connectivity index (χ4n) is 2.12. The molecule has 5 nitrogen and oxygen atoms in total. The van der Waals surface area contributed by atoms with Crippen molar-refractivity contribution in [3.63, 3.8) is 0 Å². The zero-order valence-electron chi connectivity index (χ0n) is 12.4. The van der Waals surface area contributed by atoms with Crippen LogP contribution >= 0.6 is 0 Å². The third kappa shape index (κ3) is 4.40. The van der Waals surface area contributed by atoms with E-state index in [1.165, 1.54) is 0 Å². The van der Waals surface area contributed by atoms with E-state index >= 15 is 0 Å². The van der Waals surface area contributed by atoms with Crippen molar-refractivity contribution in [1.82, 2.24) is 4.90 Å². The number of hydrogen-bond donors (Lipinski definition) is 2. The van der Waals surface area contributed by atoms with Gasteiger partial charge in [-0.15, -0.1) is 0 Å². The molecule has 0 bridgehead atoms. The van der Waals surface area contributed by atoms with Crippen LogP contribution in [0.1, 0.15) is 18.7 Å². The van der Waals surface area contributed by atoms with E-state index in [1.807, 2.05) is 11.8 Å². The van der Waals surface area contributed by atoms with Crippen LogP contribution in [-0.4, -0.2) is 46.7 Å². The molecule has 0 saturated carbocycles. The van der Waals surface area contributed by atoms with E-state index in [0.29, 0.717) is 19.6 Å². The predicted octanol–water partition coefficient (Wildman–Crippen LogP) is 2.36. The first-order chi connectivity index (χ1) is 11.1. The van der Waals surface area contributed by atoms with Crippen molar-refractivity contribution >= 4 is 11.9 Å². The summed E-state index contributed by atoms with van der Waals surface area (Å²) in [5.74, 6) is -10.7. The number of carbonyl (C=O) groups is 2. The minimum Gasteiger partial charge on any atom is -0.473 e. The SMILES string of the molecule is CCN1CC(C(F)c2c(F)c(F)cc(F)c2F)C1.O=C(O)C(=O)O. The molecule has 0 spiro atoms. The number of rotatable bonds is 3. The van der Waals surface area contributed by atoms with Crippen LogP contribution in [0.5, 0.6) is 0 Å². The quantitative estimate of drug-likeness (QED) is 0.495. The van der Waals surface area contributed by atoms with Gasteiger partial charge in [0.05, 0.1) is 5.56 Å². The fraction of sp³-hybridized carbons (Fsp3) is 0.429. The molecule has 1 saturated heterocycles. The third-order valence-corrected chi connectivity index (χ3v) is 3.45. The first-order valence-corrected chi connectivity index (χ1v) is 6.75. The van der Waals surface area contributed by atoms with Gasteiger partial charge in [0.25, 0.3) is 0 Å². The molecular formula is C14H14F5NO4. The van der Waals surface area contributed by atoms with Crippen LogP contribution in [0.3, 0.4) is 0 Å². The number of halogens is 5. The Morgan fingerprint density at radius 3 is 1.88 bits per heavy atom. The van der Waals surface area contributed by atoms with Gasteiger partial charge in [-0.25, -0.2) is 31.5 Å². The van der Waals surface area contributed by atoms with Crippen molar-refractivity contribution < 1.29 is 41.8 Å². The van der Waals surface area contributed by atoms with Crippen molar-refractivity contribution in [2.45, 2.75) is 13.1 Å². The molecule has 1 aromatic carbocycles. The number of likely N-dealkylation sites (tertiary alicyclic amines) is 1. The highest BCUT2D eigenvalue weighted by Gasteiger charge is 2.38. The second-order valence-electron chi connectivity index (χ2n) is 5.01. The smallest absolute Gasteiger partial charge is 0.414 e. The summed E-state index contributed by atoms with van der Waals surface area (Å²) in [6.45, 7) is 3.22. The second-order valence-corrected chi connectivity index (χ2v) is 5.01. The van der Waals surface area contributed by atoms with Gasteiger partial charge in [-0.05, 0) is 6.54 Å². The largest absolute Gasteiger partial charge is 0.473 e. The Morgan fingerprint density at radius 1 is 1.12 bits per heavy atom. The maximum Gasteiger partial charge on any atom is 0.414 e. The van der Waals surface area contributed by atoms with Crippen molar-refractivity contribution in [3.8, 4) is 0 Å². The lowest BCUT2D eigenvalue weighted by atomic mass is 9.89. The number of carboxylic acids is 2. The molecule has 1 heterocycles. The van der Waals surface area contributed by atoms with Gasteiger partial charge < -0.3 is 15.1 Å². The van der Waals surface area contributed by atoms with E-state index in [-0.39, 0.29) is 6.07 Å². The molecule has 1 unspecified atom stereocenters. The van der Waals surface area contributed by atoms with E-state index in [4.69, 9.17) is 19.8 Å². The molecule has 1 fully saturated rings. The molecule has 2 rings (SSSR count). The van der Waals surface area contributed by atoms with Gasteiger partial charge in [0.15, 0.2) is 23.3 Å². The average molecular weight is 355 g/mol. The van der Waals surface area contributed by atoms with E-state index in [9.17, 15) is 22.0 Å². The molecule has 24 heavy (non-hydrogen) atoms. The maximum atomic E-state index is 13.9. The summed E-state index contributed by atoms with van der Waals surface area (Å²) in [4.78, 5) is 20.1. The minimum absolute atomic E-state index is 0.0833. The van der Waals surface area contributed by atoms with Crippen LogP contribution in [0.15, 0.2) is 6.07 Å². The Labute approximate surface area is 133 Å². The van der Waals surface area contributed by atoms with Gasteiger partial charge in [0.2, 0.25) is 0 Å². The number of aliphatic carboxylic acids is 2. The minimum atomic E-state index is -2.03. The van der Waals surface area contributed by atoms with Crippen molar-refractivity contribution in [1.29, 1.82) is 0 Å². The zero-order valence-corrected chi connectivity index (χ0v) is 12.4. The highest BCUT2D eigenvalue weighted by Crippen LogP contribution is 2.36.